The Morgan fingerprint density at radius 3 is 2.62 bits per heavy atom. The fourth-order valence-electron chi connectivity index (χ4n) is 2.19. The van der Waals surface area contributed by atoms with Crippen molar-refractivity contribution in [3.63, 3.8) is 0 Å². The Hall–Kier alpha value is -2.05. The Kier molecular flexibility index (Phi) is 5.37. The number of ether oxygens (including phenoxy) is 2. The van der Waals surface area contributed by atoms with Gasteiger partial charge in [0, 0.05) is 5.56 Å². The maximum absolute atomic E-state index is 12.3. The van der Waals surface area contributed by atoms with Crippen LogP contribution in [0.3, 0.4) is 0 Å². The SMILES string of the molecule is CCOc1ccc2nc(SCC(=O)c3ccc(OC)cc3)sc2c1. The highest BCUT2D eigenvalue weighted by Gasteiger charge is 2.10. The first-order valence-corrected chi connectivity index (χ1v) is 9.33. The second kappa shape index (κ2) is 7.68. The summed E-state index contributed by atoms with van der Waals surface area (Å²) in [5.41, 5.74) is 1.62. The van der Waals surface area contributed by atoms with Crippen molar-refractivity contribution < 1.29 is 14.3 Å². The highest BCUT2D eigenvalue weighted by Crippen LogP contribution is 2.32. The summed E-state index contributed by atoms with van der Waals surface area (Å²) in [7, 11) is 1.61. The molecule has 0 fully saturated rings. The molecule has 0 aliphatic rings. The molecule has 0 radical (unpaired) electrons. The molecule has 0 bridgehead atoms. The molecule has 3 aromatic rings. The predicted molar refractivity (Wildman–Crippen MR) is 98.8 cm³/mol. The van der Waals surface area contributed by atoms with Crippen molar-refractivity contribution in [1.82, 2.24) is 4.98 Å². The van der Waals surface area contributed by atoms with E-state index in [1.807, 2.05) is 25.1 Å². The second-order valence-electron chi connectivity index (χ2n) is 4.98. The van der Waals surface area contributed by atoms with E-state index in [9.17, 15) is 4.79 Å². The lowest BCUT2D eigenvalue weighted by molar-refractivity contribution is 0.102. The summed E-state index contributed by atoms with van der Waals surface area (Å²) in [6.07, 6.45) is 0. The lowest BCUT2D eigenvalue weighted by Gasteiger charge is -2.02. The Labute approximate surface area is 148 Å². The van der Waals surface area contributed by atoms with Crippen molar-refractivity contribution in [3.05, 3.63) is 48.0 Å². The number of fused-ring (bicyclic) bond motifs is 1. The van der Waals surface area contributed by atoms with Crippen molar-refractivity contribution in [2.24, 2.45) is 0 Å². The molecule has 0 aliphatic heterocycles. The molecule has 0 spiro atoms. The first kappa shape index (κ1) is 16.8. The summed E-state index contributed by atoms with van der Waals surface area (Å²) < 4.78 is 12.6. The standard InChI is InChI=1S/C18H17NO3S2/c1-3-22-14-8-9-15-17(10-14)24-18(19-15)23-11-16(20)12-4-6-13(21-2)7-5-12/h4-10H,3,11H2,1-2H3. The molecule has 2 aromatic carbocycles. The van der Waals surface area contributed by atoms with Crippen molar-refractivity contribution >= 4 is 39.1 Å². The molecule has 0 aliphatic carbocycles. The Morgan fingerprint density at radius 2 is 1.92 bits per heavy atom. The van der Waals surface area contributed by atoms with Crippen LogP contribution >= 0.6 is 23.1 Å². The molecule has 6 heteroatoms. The van der Waals surface area contributed by atoms with Gasteiger partial charge >= 0.3 is 0 Å². The van der Waals surface area contributed by atoms with Gasteiger partial charge in [0.1, 0.15) is 11.5 Å². The maximum Gasteiger partial charge on any atom is 0.173 e. The van der Waals surface area contributed by atoms with Gasteiger partial charge < -0.3 is 9.47 Å². The van der Waals surface area contributed by atoms with Crippen LogP contribution in [0.25, 0.3) is 10.2 Å². The van der Waals surface area contributed by atoms with Gasteiger partial charge in [-0.3, -0.25) is 4.79 Å². The van der Waals surface area contributed by atoms with Crippen LogP contribution in [0.2, 0.25) is 0 Å². The van der Waals surface area contributed by atoms with Crippen molar-refractivity contribution in [3.8, 4) is 11.5 Å². The lowest BCUT2D eigenvalue weighted by Crippen LogP contribution is -2.01. The molecule has 0 unspecified atom stereocenters. The number of carbonyl (C=O) groups excluding carboxylic acids is 1. The molecule has 1 aromatic heterocycles. The van der Waals surface area contributed by atoms with Gasteiger partial charge in [0.15, 0.2) is 10.1 Å². The highest BCUT2D eigenvalue weighted by atomic mass is 32.2. The summed E-state index contributed by atoms with van der Waals surface area (Å²) >= 11 is 3.04. The number of aromatic nitrogens is 1. The molecular weight excluding hydrogens is 342 g/mol. The number of methoxy groups -OCH3 is 1. The van der Waals surface area contributed by atoms with Gasteiger partial charge in [-0.15, -0.1) is 11.3 Å². The van der Waals surface area contributed by atoms with Gasteiger partial charge in [-0.25, -0.2) is 4.98 Å². The molecule has 24 heavy (non-hydrogen) atoms. The molecular formula is C18H17NO3S2. The predicted octanol–water partition coefficient (Wildman–Crippen LogP) is 4.68. The number of hydrogen-bond donors (Lipinski definition) is 0. The zero-order valence-corrected chi connectivity index (χ0v) is 15.1. The van der Waals surface area contributed by atoms with E-state index >= 15 is 0 Å². The largest absolute Gasteiger partial charge is 0.497 e. The van der Waals surface area contributed by atoms with Crippen molar-refractivity contribution in [2.45, 2.75) is 11.3 Å². The zero-order chi connectivity index (χ0) is 16.9. The summed E-state index contributed by atoms with van der Waals surface area (Å²) in [5, 5.41) is 0. The molecule has 0 N–H and O–H groups in total. The first-order chi connectivity index (χ1) is 11.7. The normalized spacial score (nSPS) is 10.8. The van der Waals surface area contributed by atoms with Gasteiger partial charge in [0.2, 0.25) is 0 Å². The minimum absolute atomic E-state index is 0.0805. The summed E-state index contributed by atoms with van der Waals surface area (Å²) in [5.74, 6) is 2.04. The number of rotatable bonds is 7. The number of thiazole rings is 1. The van der Waals surface area contributed by atoms with E-state index in [2.05, 4.69) is 4.98 Å². The number of hydrogen-bond acceptors (Lipinski definition) is 6. The molecule has 1 heterocycles. The fraction of sp³-hybridized carbons (Fsp3) is 0.222. The quantitative estimate of drug-likeness (QED) is 0.453. The van der Waals surface area contributed by atoms with Crippen molar-refractivity contribution in [2.75, 3.05) is 19.5 Å². The van der Waals surface area contributed by atoms with Crippen LogP contribution in [0.4, 0.5) is 0 Å². The van der Waals surface area contributed by atoms with Gasteiger partial charge in [-0.2, -0.15) is 0 Å². The van der Waals surface area contributed by atoms with Crippen LogP contribution in [0.1, 0.15) is 17.3 Å². The van der Waals surface area contributed by atoms with Gasteiger partial charge in [-0.05, 0) is 49.4 Å². The van der Waals surface area contributed by atoms with Crippen LogP contribution in [-0.4, -0.2) is 30.2 Å². The van der Waals surface area contributed by atoms with E-state index in [4.69, 9.17) is 9.47 Å². The number of benzene rings is 2. The van der Waals surface area contributed by atoms with E-state index in [-0.39, 0.29) is 5.78 Å². The molecule has 0 saturated carbocycles. The number of thioether (sulfide) groups is 1. The zero-order valence-electron chi connectivity index (χ0n) is 13.4. The monoisotopic (exact) mass is 359 g/mol. The number of nitrogens with zero attached hydrogens (tertiary/aromatic N) is 1. The second-order valence-corrected chi connectivity index (χ2v) is 7.24. The summed E-state index contributed by atoms with van der Waals surface area (Å²) in [6, 6.07) is 13.0. The Morgan fingerprint density at radius 1 is 1.17 bits per heavy atom. The van der Waals surface area contributed by atoms with E-state index in [1.165, 1.54) is 11.8 Å². The van der Waals surface area contributed by atoms with Crippen LogP contribution < -0.4 is 9.47 Å². The molecule has 0 saturated heterocycles. The van der Waals surface area contributed by atoms with Crippen LogP contribution in [0.15, 0.2) is 46.8 Å². The van der Waals surface area contributed by atoms with Gasteiger partial charge in [0.05, 0.1) is 29.7 Å². The van der Waals surface area contributed by atoms with Crippen molar-refractivity contribution in [1.29, 1.82) is 0 Å². The highest BCUT2D eigenvalue weighted by molar-refractivity contribution is 8.01. The number of carbonyl (C=O) groups is 1. The van der Waals surface area contributed by atoms with Crippen LogP contribution in [-0.2, 0) is 0 Å². The summed E-state index contributed by atoms with van der Waals surface area (Å²) in [6.45, 7) is 2.60. The topological polar surface area (TPSA) is 48.4 Å². The average molecular weight is 359 g/mol. The maximum atomic E-state index is 12.3. The van der Waals surface area contributed by atoms with Gasteiger partial charge in [0.25, 0.3) is 0 Å². The number of ketones is 1. The molecule has 124 valence electrons. The lowest BCUT2D eigenvalue weighted by atomic mass is 10.1. The van der Waals surface area contributed by atoms with Crippen LogP contribution in [0.5, 0.6) is 11.5 Å². The van der Waals surface area contributed by atoms with E-state index in [0.717, 1.165) is 26.1 Å². The Balaban J connectivity index is 1.67. The van der Waals surface area contributed by atoms with E-state index in [0.29, 0.717) is 17.9 Å². The molecule has 3 rings (SSSR count). The third-order valence-corrected chi connectivity index (χ3v) is 5.55. The smallest absolute Gasteiger partial charge is 0.173 e. The van der Waals surface area contributed by atoms with E-state index < -0.39 is 0 Å². The minimum Gasteiger partial charge on any atom is -0.497 e. The summed E-state index contributed by atoms with van der Waals surface area (Å²) in [4.78, 5) is 16.8. The molecule has 0 amide bonds. The molecule has 4 nitrogen and oxygen atoms in total. The number of Topliss-reactive ketones (excluding diaryl/α,β-unsaturated/α-hetero) is 1. The van der Waals surface area contributed by atoms with Gasteiger partial charge in [-0.1, -0.05) is 11.8 Å². The molecule has 0 atom stereocenters. The fourth-order valence-corrected chi connectivity index (χ4v) is 4.18. The third-order valence-electron chi connectivity index (χ3n) is 3.39. The Bertz CT molecular complexity index is 843. The average Bonchev–Trinajstić information content (AvgIpc) is 3.02. The first-order valence-electron chi connectivity index (χ1n) is 7.53. The van der Waals surface area contributed by atoms with Crippen LogP contribution in [0, 0.1) is 0 Å². The minimum atomic E-state index is 0.0805. The van der Waals surface area contributed by atoms with E-state index in [1.54, 1.807) is 42.7 Å². The third kappa shape index (κ3) is 3.88.